The van der Waals surface area contributed by atoms with Crippen LogP contribution in [-0.4, -0.2) is 78.2 Å². The summed E-state index contributed by atoms with van der Waals surface area (Å²) < 4.78 is 28.1. The first-order valence-electron chi connectivity index (χ1n) is 9.36. The van der Waals surface area contributed by atoms with Gasteiger partial charge in [0.2, 0.25) is 5.95 Å². The summed E-state index contributed by atoms with van der Waals surface area (Å²) in [7, 11) is -0.148. The largest absolute Gasteiger partial charge is 0.354 e. The molecule has 2 atom stereocenters. The molecule has 0 saturated carbocycles. The van der Waals surface area contributed by atoms with Gasteiger partial charge in [-0.15, -0.1) is 0 Å². The molecule has 0 aliphatic carbocycles. The number of fused-ring (bicyclic) bond motifs is 4. The van der Waals surface area contributed by atoms with Crippen LogP contribution in [0.5, 0.6) is 0 Å². The van der Waals surface area contributed by atoms with Crippen LogP contribution in [0, 0.1) is 5.92 Å². The molecule has 2 bridgehead atoms. The topological polar surface area (TPSA) is 81.7 Å². The molecular weight excluding hydrogens is 352 g/mol. The summed E-state index contributed by atoms with van der Waals surface area (Å²) >= 11 is 0. The molecule has 8 nitrogen and oxygen atoms in total. The average Bonchev–Trinajstić information content (AvgIpc) is 2.93. The predicted molar refractivity (Wildman–Crippen MR) is 102 cm³/mol. The Morgan fingerprint density at radius 1 is 1.19 bits per heavy atom. The zero-order valence-corrected chi connectivity index (χ0v) is 16.7. The van der Waals surface area contributed by atoms with E-state index in [1.165, 1.54) is 4.31 Å². The Morgan fingerprint density at radius 3 is 2.58 bits per heavy atom. The second-order valence-electron chi connectivity index (χ2n) is 7.48. The molecule has 0 radical (unpaired) electrons. The number of nitrogens with one attached hydrogen (secondary N) is 1. The molecule has 4 rings (SSSR count). The molecule has 2 unspecified atom stereocenters. The zero-order chi connectivity index (χ0) is 18.7. The van der Waals surface area contributed by atoms with Crippen LogP contribution in [0.2, 0.25) is 0 Å². The molecular formula is C17H30N6O2S. The summed E-state index contributed by atoms with van der Waals surface area (Å²) in [4.78, 5) is 11.2. The van der Waals surface area contributed by atoms with E-state index in [0.717, 1.165) is 44.5 Å². The highest BCUT2D eigenvalue weighted by Crippen LogP contribution is 2.30. The number of hydrogen-bond donors (Lipinski definition) is 1. The molecule has 9 heteroatoms. The van der Waals surface area contributed by atoms with Crippen molar-refractivity contribution in [1.29, 1.82) is 0 Å². The van der Waals surface area contributed by atoms with Crippen LogP contribution in [0.3, 0.4) is 0 Å². The zero-order valence-electron chi connectivity index (χ0n) is 15.9. The van der Waals surface area contributed by atoms with E-state index in [9.17, 15) is 8.42 Å². The van der Waals surface area contributed by atoms with Crippen LogP contribution in [-0.2, 0) is 16.8 Å². The highest BCUT2D eigenvalue weighted by Gasteiger charge is 2.39. The van der Waals surface area contributed by atoms with Crippen LogP contribution in [0.25, 0.3) is 0 Å². The average molecular weight is 383 g/mol. The molecule has 3 saturated heterocycles. The third-order valence-electron chi connectivity index (χ3n) is 5.21. The number of piperidine rings is 1. The van der Waals surface area contributed by atoms with Gasteiger partial charge in [-0.3, -0.25) is 4.90 Å². The van der Waals surface area contributed by atoms with Gasteiger partial charge in [-0.25, -0.2) is 9.97 Å². The van der Waals surface area contributed by atoms with Gasteiger partial charge >= 0.3 is 0 Å². The highest BCUT2D eigenvalue weighted by molar-refractivity contribution is 7.86. The van der Waals surface area contributed by atoms with E-state index < -0.39 is 10.2 Å². The molecule has 3 aliphatic rings. The number of hydrogen-bond acceptors (Lipinski definition) is 6. The third kappa shape index (κ3) is 4.33. The number of aromatic nitrogens is 2. The minimum atomic E-state index is -3.35. The number of anilines is 1. The Kier molecular flexibility index (Phi) is 6.11. The van der Waals surface area contributed by atoms with Crippen molar-refractivity contribution < 1.29 is 8.42 Å². The first kappa shape index (κ1) is 19.5. The van der Waals surface area contributed by atoms with Gasteiger partial charge in [0.1, 0.15) is 0 Å². The van der Waals surface area contributed by atoms with E-state index in [-0.39, 0.29) is 6.04 Å². The first-order valence-corrected chi connectivity index (χ1v) is 10.8. The monoisotopic (exact) mass is 382 g/mol. The van der Waals surface area contributed by atoms with Crippen LogP contribution >= 0.6 is 0 Å². The second kappa shape index (κ2) is 8.16. The molecule has 0 aromatic carbocycles. The van der Waals surface area contributed by atoms with E-state index in [0.29, 0.717) is 25.0 Å². The van der Waals surface area contributed by atoms with Crippen molar-refractivity contribution in [2.45, 2.75) is 38.8 Å². The van der Waals surface area contributed by atoms with Crippen LogP contribution < -0.4 is 5.32 Å². The summed E-state index contributed by atoms with van der Waals surface area (Å²) in [6.07, 6.45) is 6.92. The van der Waals surface area contributed by atoms with Crippen molar-refractivity contribution in [3.63, 3.8) is 0 Å². The SMILES string of the molecule is CCCNc1ncc(CN2CC3CCC2CN(S(=O)(=O)N(C)C)C3)cn1. The Hall–Kier alpha value is -1.29. The van der Waals surface area contributed by atoms with E-state index >= 15 is 0 Å². The highest BCUT2D eigenvalue weighted by atomic mass is 32.2. The molecule has 1 aromatic heterocycles. The first-order chi connectivity index (χ1) is 12.4. The van der Waals surface area contributed by atoms with Gasteiger partial charge < -0.3 is 5.32 Å². The summed E-state index contributed by atoms with van der Waals surface area (Å²) in [5.74, 6) is 1.05. The standard InChI is InChI=1S/C17H30N6O2S/c1-4-7-18-17-19-8-15(9-20-17)11-22-10-14-5-6-16(22)13-23(12-14)26(24,25)21(2)3/h8-9,14,16H,4-7,10-13H2,1-3H3,(H,18,19,20). The van der Waals surface area contributed by atoms with Crippen molar-refractivity contribution >= 4 is 16.2 Å². The Labute approximate surface area is 156 Å². The predicted octanol–water partition coefficient (Wildman–Crippen LogP) is 1.00. The summed E-state index contributed by atoms with van der Waals surface area (Å²) in [5, 5.41) is 3.18. The Bertz CT molecular complexity index is 694. The summed E-state index contributed by atoms with van der Waals surface area (Å²) in [6.45, 7) is 5.85. The lowest BCUT2D eigenvalue weighted by Gasteiger charge is -2.36. The van der Waals surface area contributed by atoms with Crippen molar-refractivity contribution in [1.82, 2.24) is 23.5 Å². The number of nitrogens with zero attached hydrogens (tertiary/aromatic N) is 5. The fraction of sp³-hybridized carbons (Fsp3) is 0.765. The lowest BCUT2D eigenvalue weighted by atomic mass is 9.95. The van der Waals surface area contributed by atoms with E-state index in [1.807, 2.05) is 12.4 Å². The Morgan fingerprint density at radius 2 is 1.92 bits per heavy atom. The molecule has 3 aliphatic heterocycles. The van der Waals surface area contributed by atoms with E-state index in [4.69, 9.17) is 0 Å². The summed E-state index contributed by atoms with van der Waals surface area (Å²) in [6, 6.07) is 0.251. The molecule has 3 fully saturated rings. The lowest BCUT2D eigenvalue weighted by molar-refractivity contribution is 0.125. The van der Waals surface area contributed by atoms with Gasteiger partial charge in [0, 0.05) is 70.8 Å². The molecule has 0 amide bonds. The van der Waals surface area contributed by atoms with Gasteiger partial charge in [0.05, 0.1) is 0 Å². The lowest BCUT2D eigenvalue weighted by Crippen LogP contribution is -2.45. The fourth-order valence-electron chi connectivity index (χ4n) is 3.75. The maximum atomic E-state index is 12.6. The molecule has 146 valence electrons. The van der Waals surface area contributed by atoms with Crippen LogP contribution in [0.1, 0.15) is 31.7 Å². The quantitative estimate of drug-likeness (QED) is 0.758. The maximum Gasteiger partial charge on any atom is 0.281 e. The van der Waals surface area contributed by atoms with Gasteiger partial charge in [-0.2, -0.15) is 17.0 Å². The van der Waals surface area contributed by atoms with E-state index in [1.54, 1.807) is 18.4 Å². The van der Waals surface area contributed by atoms with Crippen molar-refractivity contribution in [2.24, 2.45) is 5.92 Å². The smallest absolute Gasteiger partial charge is 0.281 e. The summed E-state index contributed by atoms with van der Waals surface area (Å²) in [5.41, 5.74) is 1.07. The number of rotatable bonds is 7. The van der Waals surface area contributed by atoms with E-state index in [2.05, 4.69) is 27.1 Å². The van der Waals surface area contributed by atoms with Crippen LogP contribution in [0.4, 0.5) is 5.95 Å². The molecule has 1 N–H and O–H groups in total. The Balaban J connectivity index is 1.67. The molecule has 0 spiro atoms. The van der Waals surface area contributed by atoms with Crippen molar-refractivity contribution in [3.05, 3.63) is 18.0 Å². The van der Waals surface area contributed by atoms with Gasteiger partial charge in [0.15, 0.2) is 0 Å². The van der Waals surface area contributed by atoms with Gasteiger partial charge in [0.25, 0.3) is 10.2 Å². The minimum Gasteiger partial charge on any atom is -0.354 e. The minimum absolute atomic E-state index is 0.251. The third-order valence-corrected chi connectivity index (χ3v) is 7.08. The maximum absolute atomic E-state index is 12.6. The van der Waals surface area contributed by atoms with Crippen molar-refractivity contribution in [3.8, 4) is 0 Å². The van der Waals surface area contributed by atoms with Gasteiger partial charge in [-0.1, -0.05) is 6.92 Å². The molecule has 1 aromatic rings. The fourth-order valence-corrected chi connectivity index (χ4v) is 4.97. The van der Waals surface area contributed by atoms with Crippen LogP contribution in [0.15, 0.2) is 12.4 Å². The normalized spacial score (nSPS) is 24.8. The second-order valence-corrected chi connectivity index (χ2v) is 9.62. The molecule has 26 heavy (non-hydrogen) atoms. The van der Waals surface area contributed by atoms with Gasteiger partial charge in [-0.05, 0) is 25.2 Å². The molecule has 4 heterocycles. The van der Waals surface area contributed by atoms with Crippen molar-refractivity contribution in [2.75, 3.05) is 45.6 Å².